The summed E-state index contributed by atoms with van der Waals surface area (Å²) in [6.07, 6.45) is 7.37. The zero-order chi connectivity index (χ0) is 12.3. The zero-order valence-corrected chi connectivity index (χ0v) is 10.5. The third-order valence-electron chi connectivity index (χ3n) is 3.24. The van der Waals surface area contributed by atoms with Crippen LogP contribution in [0.15, 0.2) is 31.0 Å². The minimum atomic E-state index is 0.0535. The first-order chi connectivity index (χ1) is 8.26. The van der Waals surface area contributed by atoms with Gasteiger partial charge in [0, 0.05) is 18.6 Å². The quantitative estimate of drug-likeness (QED) is 0.765. The maximum Gasteiger partial charge on any atom is 0.0572 e. The van der Waals surface area contributed by atoms with Crippen LogP contribution in [0, 0.1) is 0 Å². The predicted molar refractivity (Wildman–Crippen MR) is 72.0 cm³/mol. The molecule has 0 radical (unpaired) electrons. The second-order valence-electron chi connectivity index (χ2n) is 4.63. The van der Waals surface area contributed by atoms with E-state index in [1.807, 2.05) is 18.3 Å². The van der Waals surface area contributed by atoms with Crippen LogP contribution in [0.2, 0.25) is 0 Å². The van der Waals surface area contributed by atoms with E-state index >= 15 is 0 Å². The summed E-state index contributed by atoms with van der Waals surface area (Å²) in [5.41, 5.74) is 8.12. The van der Waals surface area contributed by atoms with Crippen molar-refractivity contribution in [1.29, 1.82) is 0 Å². The molecule has 1 aliphatic carbocycles. The lowest BCUT2D eigenvalue weighted by atomic mass is 10.1. The molecule has 1 saturated carbocycles. The van der Waals surface area contributed by atoms with E-state index in [-0.39, 0.29) is 6.04 Å². The van der Waals surface area contributed by atoms with Gasteiger partial charge in [-0.15, -0.1) is 6.58 Å². The highest BCUT2D eigenvalue weighted by Gasteiger charge is 2.28. The van der Waals surface area contributed by atoms with E-state index in [0.717, 1.165) is 18.7 Å². The summed E-state index contributed by atoms with van der Waals surface area (Å²) in [4.78, 5) is 6.82. The van der Waals surface area contributed by atoms with Crippen LogP contribution in [0.25, 0.3) is 0 Å². The lowest BCUT2D eigenvalue weighted by molar-refractivity contribution is 0.675. The van der Waals surface area contributed by atoms with Gasteiger partial charge in [0.05, 0.1) is 17.6 Å². The van der Waals surface area contributed by atoms with Gasteiger partial charge in [-0.05, 0) is 31.4 Å². The van der Waals surface area contributed by atoms with Crippen LogP contribution >= 0.6 is 0 Å². The Labute approximate surface area is 103 Å². The molecule has 92 valence electrons. The Kier molecular flexibility index (Phi) is 3.79. The SMILES string of the molecule is C=CCN(c1ccc(C(N)CC)nc1)C1CC1. The summed E-state index contributed by atoms with van der Waals surface area (Å²) < 4.78 is 0. The summed E-state index contributed by atoms with van der Waals surface area (Å²) >= 11 is 0. The second-order valence-corrected chi connectivity index (χ2v) is 4.63. The lowest BCUT2D eigenvalue weighted by Crippen LogP contribution is -2.25. The van der Waals surface area contributed by atoms with Gasteiger partial charge < -0.3 is 10.6 Å². The third-order valence-corrected chi connectivity index (χ3v) is 3.24. The van der Waals surface area contributed by atoms with Gasteiger partial charge in [-0.25, -0.2) is 0 Å². The molecule has 0 spiro atoms. The summed E-state index contributed by atoms with van der Waals surface area (Å²) in [5.74, 6) is 0. The topological polar surface area (TPSA) is 42.1 Å². The Morgan fingerprint density at radius 1 is 1.59 bits per heavy atom. The van der Waals surface area contributed by atoms with Crippen molar-refractivity contribution in [2.24, 2.45) is 5.73 Å². The summed E-state index contributed by atoms with van der Waals surface area (Å²) in [5, 5.41) is 0. The van der Waals surface area contributed by atoms with Crippen molar-refractivity contribution < 1.29 is 0 Å². The number of hydrogen-bond donors (Lipinski definition) is 1. The van der Waals surface area contributed by atoms with E-state index in [9.17, 15) is 0 Å². The van der Waals surface area contributed by atoms with Gasteiger partial charge >= 0.3 is 0 Å². The minimum Gasteiger partial charge on any atom is -0.364 e. The number of nitrogens with zero attached hydrogens (tertiary/aromatic N) is 2. The van der Waals surface area contributed by atoms with Crippen molar-refractivity contribution in [2.45, 2.75) is 38.3 Å². The second kappa shape index (κ2) is 5.32. The van der Waals surface area contributed by atoms with E-state index in [2.05, 4.69) is 29.5 Å². The van der Waals surface area contributed by atoms with Gasteiger partial charge in [0.15, 0.2) is 0 Å². The molecule has 17 heavy (non-hydrogen) atoms. The lowest BCUT2D eigenvalue weighted by Gasteiger charge is -2.23. The zero-order valence-electron chi connectivity index (χ0n) is 10.5. The Morgan fingerprint density at radius 3 is 2.82 bits per heavy atom. The molecule has 3 nitrogen and oxygen atoms in total. The monoisotopic (exact) mass is 231 g/mol. The molecule has 1 fully saturated rings. The van der Waals surface area contributed by atoms with Crippen molar-refractivity contribution in [1.82, 2.24) is 4.98 Å². The van der Waals surface area contributed by atoms with Gasteiger partial charge in [-0.3, -0.25) is 4.98 Å². The molecule has 0 bridgehead atoms. The fourth-order valence-corrected chi connectivity index (χ4v) is 1.99. The van der Waals surface area contributed by atoms with Crippen molar-refractivity contribution >= 4 is 5.69 Å². The molecule has 0 aliphatic heterocycles. The average molecular weight is 231 g/mol. The smallest absolute Gasteiger partial charge is 0.0572 e. The molecular formula is C14H21N3. The maximum absolute atomic E-state index is 5.96. The Balaban J connectivity index is 2.12. The highest BCUT2D eigenvalue weighted by atomic mass is 15.2. The molecule has 2 rings (SSSR count). The molecule has 0 saturated heterocycles. The van der Waals surface area contributed by atoms with Crippen LogP contribution in [-0.2, 0) is 0 Å². The van der Waals surface area contributed by atoms with E-state index in [1.54, 1.807) is 0 Å². The van der Waals surface area contributed by atoms with Gasteiger partial charge in [0.2, 0.25) is 0 Å². The summed E-state index contributed by atoms with van der Waals surface area (Å²) in [6.45, 7) is 6.79. The normalized spacial score (nSPS) is 16.6. The standard InChI is InChI=1S/C14H21N3/c1-3-9-17(11-5-6-11)12-7-8-14(16-10-12)13(15)4-2/h3,7-8,10-11,13H,1,4-6,9,15H2,2H3. The van der Waals surface area contributed by atoms with Crippen LogP contribution < -0.4 is 10.6 Å². The first kappa shape index (κ1) is 12.1. The van der Waals surface area contributed by atoms with Crippen molar-refractivity contribution in [2.75, 3.05) is 11.4 Å². The Morgan fingerprint density at radius 2 is 2.35 bits per heavy atom. The molecule has 0 amide bonds. The van der Waals surface area contributed by atoms with Crippen LogP contribution in [0.1, 0.15) is 37.9 Å². The van der Waals surface area contributed by atoms with E-state index in [0.29, 0.717) is 6.04 Å². The first-order valence-corrected chi connectivity index (χ1v) is 6.35. The van der Waals surface area contributed by atoms with Crippen LogP contribution in [0.4, 0.5) is 5.69 Å². The van der Waals surface area contributed by atoms with Crippen LogP contribution in [0.5, 0.6) is 0 Å². The van der Waals surface area contributed by atoms with Crippen molar-refractivity contribution in [3.63, 3.8) is 0 Å². The largest absolute Gasteiger partial charge is 0.364 e. The molecule has 1 aromatic heterocycles. The molecule has 3 heteroatoms. The highest BCUT2D eigenvalue weighted by molar-refractivity contribution is 5.48. The number of aromatic nitrogens is 1. The average Bonchev–Trinajstić information content (AvgIpc) is 3.19. The fraction of sp³-hybridized carbons (Fsp3) is 0.500. The minimum absolute atomic E-state index is 0.0535. The van der Waals surface area contributed by atoms with Crippen LogP contribution in [-0.4, -0.2) is 17.6 Å². The number of anilines is 1. The van der Waals surface area contributed by atoms with E-state index < -0.39 is 0 Å². The van der Waals surface area contributed by atoms with E-state index in [1.165, 1.54) is 18.5 Å². The molecule has 1 atom stereocenters. The highest BCUT2D eigenvalue weighted by Crippen LogP contribution is 2.31. The molecule has 1 aromatic rings. The Hall–Kier alpha value is -1.35. The molecule has 1 heterocycles. The fourth-order valence-electron chi connectivity index (χ4n) is 1.99. The maximum atomic E-state index is 5.96. The first-order valence-electron chi connectivity index (χ1n) is 6.35. The van der Waals surface area contributed by atoms with Crippen molar-refractivity contribution in [3.05, 3.63) is 36.7 Å². The number of rotatable bonds is 6. The number of hydrogen-bond acceptors (Lipinski definition) is 3. The van der Waals surface area contributed by atoms with Gasteiger partial charge in [0.1, 0.15) is 0 Å². The van der Waals surface area contributed by atoms with Crippen molar-refractivity contribution in [3.8, 4) is 0 Å². The molecule has 1 aliphatic rings. The van der Waals surface area contributed by atoms with Gasteiger partial charge in [-0.1, -0.05) is 13.0 Å². The Bertz CT molecular complexity index is 368. The summed E-state index contributed by atoms with van der Waals surface area (Å²) in [7, 11) is 0. The van der Waals surface area contributed by atoms with Gasteiger partial charge in [-0.2, -0.15) is 0 Å². The number of nitrogens with two attached hydrogens (primary N) is 1. The predicted octanol–water partition coefficient (Wildman–Crippen LogP) is 2.65. The number of pyridine rings is 1. The summed E-state index contributed by atoms with van der Waals surface area (Å²) in [6, 6.07) is 4.90. The third kappa shape index (κ3) is 2.86. The van der Waals surface area contributed by atoms with E-state index in [4.69, 9.17) is 5.73 Å². The van der Waals surface area contributed by atoms with Gasteiger partial charge in [0.25, 0.3) is 0 Å². The molecular weight excluding hydrogens is 210 g/mol. The van der Waals surface area contributed by atoms with Crippen LogP contribution in [0.3, 0.4) is 0 Å². The molecule has 2 N–H and O–H groups in total. The molecule has 0 aromatic carbocycles. The molecule has 1 unspecified atom stereocenters.